The predicted molar refractivity (Wildman–Crippen MR) is 110 cm³/mol. The number of benzene rings is 1. The van der Waals surface area contributed by atoms with Gasteiger partial charge in [-0.25, -0.2) is 8.78 Å². The molecule has 0 saturated carbocycles. The van der Waals surface area contributed by atoms with Crippen molar-refractivity contribution in [3.8, 4) is 0 Å². The Morgan fingerprint density at radius 2 is 1.97 bits per heavy atom. The first-order valence-corrected chi connectivity index (χ1v) is 9.96. The zero-order valence-electron chi connectivity index (χ0n) is 17.2. The second kappa shape index (κ2) is 9.71. The van der Waals surface area contributed by atoms with Crippen LogP contribution in [0.3, 0.4) is 0 Å². The molecule has 3 N–H and O–H groups in total. The lowest BCUT2D eigenvalue weighted by atomic mass is 10.0. The Hall–Kier alpha value is -2.94. The molecule has 2 aromatic rings. The van der Waals surface area contributed by atoms with Crippen LogP contribution in [0.4, 0.5) is 8.78 Å². The fourth-order valence-electron chi connectivity index (χ4n) is 3.80. The van der Waals surface area contributed by atoms with Crippen LogP contribution in [0.25, 0.3) is 0 Å². The Bertz CT molecular complexity index is 907. The molecule has 2 heterocycles. The van der Waals surface area contributed by atoms with Gasteiger partial charge in [-0.3, -0.25) is 14.7 Å². The summed E-state index contributed by atoms with van der Waals surface area (Å²) in [4.78, 5) is 19.8. The van der Waals surface area contributed by atoms with E-state index in [-0.39, 0.29) is 11.8 Å². The minimum Gasteiger partial charge on any atom is -0.454 e. The number of nitrogens with one attached hydrogen (secondary N) is 1. The van der Waals surface area contributed by atoms with Crippen LogP contribution >= 0.6 is 0 Å². The number of hydrogen-bond acceptors (Lipinski definition) is 4. The van der Waals surface area contributed by atoms with E-state index >= 15 is 0 Å². The maximum absolute atomic E-state index is 14.3. The lowest BCUT2D eigenvalue weighted by Gasteiger charge is -2.40. The number of nitrogens with zero attached hydrogens (tertiary/aromatic N) is 3. The number of primary amides is 1. The largest absolute Gasteiger partial charge is 0.454 e. The molecular weight excluding hydrogens is 392 g/mol. The third-order valence-corrected chi connectivity index (χ3v) is 5.30. The van der Waals surface area contributed by atoms with Crippen LogP contribution in [0.2, 0.25) is 0 Å². The first-order valence-electron chi connectivity index (χ1n) is 9.96. The van der Waals surface area contributed by atoms with Crippen molar-refractivity contribution in [1.29, 1.82) is 0 Å². The Labute approximate surface area is 174 Å². The van der Waals surface area contributed by atoms with Gasteiger partial charge in [-0.1, -0.05) is 13.0 Å². The summed E-state index contributed by atoms with van der Waals surface area (Å²) in [7, 11) is 1.70. The number of hydrogen-bond donors (Lipinski definition) is 2. The van der Waals surface area contributed by atoms with Gasteiger partial charge in [0.1, 0.15) is 17.4 Å². The van der Waals surface area contributed by atoms with Crippen LogP contribution < -0.4 is 11.1 Å². The summed E-state index contributed by atoms with van der Waals surface area (Å²) < 4.78 is 32.9. The van der Waals surface area contributed by atoms with Gasteiger partial charge in [-0.05, 0) is 24.6 Å². The summed E-state index contributed by atoms with van der Waals surface area (Å²) in [6.07, 6.45) is 0.732. The summed E-state index contributed by atoms with van der Waals surface area (Å²) in [5, 5.41) is 3.22. The average molecular weight is 419 g/mol. The first-order chi connectivity index (χ1) is 14.4. The van der Waals surface area contributed by atoms with E-state index in [4.69, 9.17) is 10.2 Å². The zero-order valence-corrected chi connectivity index (χ0v) is 17.2. The van der Waals surface area contributed by atoms with Crippen molar-refractivity contribution >= 4 is 11.9 Å². The summed E-state index contributed by atoms with van der Waals surface area (Å²) in [5.41, 5.74) is 5.73. The molecule has 0 bridgehead atoms. The number of guanidine groups is 1. The van der Waals surface area contributed by atoms with Crippen LogP contribution in [-0.4, -0.2) is 54.9 Å². The highest BCUT2D eigenvalue weighted by Gasteiger charge is 2.27. The monoisotopic (exact) mass is 419 g/mol. The molecule has 1 unspecified atom stereocenters. The molecule has 9 heteroatoms. The minimum absolute atomic E-state index is 0.0990. The molecule has 30 heavy (non-hydrogen) atoms. The molecule has 1 aliphatic rings. The summed E-state index contributed by atoms with van der Waals surface area (Å²) in [5.74, 6) is -0.256. The highest BCUT2D eigenvalue weighted by molar-refractivity contribution is 5.89. The SMILES string of the molecule is CCC(c1ccc(F)cc1F)N1CCN(C(=NC)NCc2ccc(C(N)=O)o2)CC1. The Morgan fingerprint density at radius 1 is 1.23 bits per heavy atom. The number of rotatable bonds is 6. The molecule has 0 aliphatic carbocycles. The van der Waals surface area contributed by atoms with Crippen molar-refractivity contribution in [1.82, 2.24) is 15.1 Å². The molecule has 3 rings (SSSR count). The van der Waals surface area contributed by atoms with Crippen molar-refractivity contribution < 1.29 is 18.0 Å². The maximum atomic E-state index is 14.3. The highest BCUT2D eigenvalue weighted by atomic mass is 19.1. The van der Waals surface area contributed by atoms with Gasteiger partial charge in [0.05, 0.1) is 6.54 Å². The fraction of sp³-hybridized carbons (Fsp3) is 0.429. The molecule has 1 fully saturated rings. The highest BCUT2D eigenvalue weighted by Crippen LogP contribution is 2.28. The molecule has 162 valence electrons. The lowest BCUT2D eigenvalue weighted by Crippen LogP contribution is -2.53. The Balaban J connectivity index is 1.58. The number of furan rings is 1. The lowest BCUT2D eigenvalue weighted by molar-refractivity contribution is 0.0972. The number of carbonyl (C=O) groups is 1. The number of piperazine rings is 1. The van der Waals surface area contributed by atoms with E-state index < -0.39 is 17.5 Å². The van der Waals surface area contributed by atoms with E-state index in [1.807, 2.05) is 6.92 Å². The zero-order chi connectivity index (χ0) is 21.7. The van der Waals surface area contributed by atoms with E-state index in [1.54, 1.807) is 19.2 Å². The van der Waals surface area contributed by atoms with Crippen LogP contribution in [0.1, 0.15) is 41.3 Å². The third-order valence-electron chi connectivity index (χ3n) is 5.30. The van der Waals surface area contributed by atoms with Gasteiger partial charge in [-0.2, -0.15) is 0 Å². The number of carbonyl (C=O) groups excluding carboxylic acids is 1. The van der Waals surface area contributed by atoms with Crippen molar-refractivity contribution in [2.24, 2.45) is 10.7 Å². The summed E-state index contributed by atoms with van der Waals surface area (Å²) in [6, 6.07) is 6.93. The number of amides is 1. The summed E-state index contributed by atoms with van der Waals surface area (Å²) >= 11 is 0. The number of nitrogens with two attached hydrogens (primary N) is 1. The van der Waals surface area contributed by atoms with Gasteiger partial charge in [0, 0.05) is 50.9 Å². The molecular formula is C21H27F2N5O2. The molecule has 1 amide bonds. The van der Waals surface area contributed by atoms with Crippen LogP contribution in [0.5, 0.6) is 0 Å². The van der Waals surface area contributed by atoms with Crippen molar-refractivity contribution in [2.45, 2.75) is 25.9 Å². The molecule has 0 radical (unpaired) electrons. The van der Waals surface area contributed by atoms with E-state index in [0.29, 0.717) is 36.9 Å². The fourth-order valence-corrected chi connectivity index (χ4v) is 3.80. The van der Waals surface area contributed by atoms with Crippen LogP contribution in [0, 0.1) is 11.6 Å². The molecule has 1 aromatic carbocycles. The standard InChI is InChI=1S/C21H27F2N5O2/c1-3-18(16-6-4-14(22)12-17(16)23)27-8-10-28(11-9-27)21(25-2)26-13-15-5-7-19(30-15)20(24)29/h4-7,12,18H,3,8-11,13H2,1-2H3,(H2,24,29)(H,25,26). The van der Waals surface area contributed by atoms with Crippen molar-refractivity contribution in [3.63, 3.8) is 0 Å². The molecule has 0 spiro atoms. The normalized spacial score (nSPS) is 16.5. The van der Waals surface area contributed by atoms with E-state index in [1.165, 1.54) is 12.1 Å². The quantitative estimate of drug-likeness (QED) is 0.555. The average Bonchev–Trinajstić information content (AvgIpc) is 3.21. The van der Waals surface area contributed by atoms with Gasteiger partial charge in [0.15, 0.2) is 11.7 Å². The minimum atomic E-state index is -0.607. The second-order valence-corrected chi connectivity index (χ2v) is 7.14. The molecule has 1 aromatic heterocycles. The second-order valence-electron chi connectivity index (χ2n) is 7.14. The van der Waals surface area contributed by atoms with Crippen molar-refractivity contribution in [2.75, 3.05) is 33.2 Å². The van der Waals surface area contributed by atoms with Gasteiger partial charge >= 0.3 is 0 Å². The summed E-state index contributed by atoms with van der Waals surface area (Å²) in [6.45, 7) is 5.25. The van der Waals surface area contributed by atoms with Crippen LogP contribution in [0.15, 0.2) is 39.7 Å². The maximum Gasteiger partial charge on any atom is 0.284 e. The Morgan fingerprint density at radius 3 is 2.53 bits per heavy atom. The number of aliphatic imine (C=N–C) groups is 1. The van der Waals surface area contributed by atoms with Gasteiger partial charge in [0.2, 0.25) is 0 Å². The topological polar surface area (TPSA) is 87.1 Å². The van der Waals surface area contributed by atoms with E-state index in [9.17, 15) is 13.6 Å². The van der Waals surface area contributed by atoms with E-state index in [0.717, 1.165) is 25.6 Å². The molecule has 1 aliphatic heterocycles. The molecule has 7 nitrogen and oxygen atoms in total. The Kier molecular flexibility index (Phi) is 7.04. The third kappa shape index (κ3) is 4.96. The van der Waals surface area contributed by atoms with Gasteiger partial charge in [0.25, 0.3) is 5.91 Å². The smallest absolute Gasteiger partial charge is 0.284 e. The number of halogens is 2. The van der Waals surface area contributed by atoms with Gasteiger partial charge < -0.3 is 20.4 Å². The van der Waals surface area contributed by atoms with Crippen LogP contribution in [-0.2, 0) is 6.54 Å². The first kappa shape index (κ1) is 21.8. The molecule has 1 atom stereocenters. The molecule has 1 saturated heterocycles. The van der Waals surface area contributed by atoms with Crippen molar-refractivity contribution in [3.05, 3.63) is 59.1 Å². The predicted octanol–water partition coefficient (Wildman–Crippen LogP) is 2.50. The van der Waals surface area contributed by atoms with E-state index in [2.05, 4.69) is 20.1 Å². The van der Waals surface area contributed by atoms with Gasteiger partial charge in [-0.15, -0.1) is 0 Å².